The van der Waals surface area contributed by atoms with Crippen LogP contribution >= 0.6 is 0 Å². The van der Waals surface area contributed by atoms with Crippen LogP contribution in [0.5, 0.6) is 0 Å². The average molecular weight is 257 g/mol. The molecule has 0 aromatic heterocycles. The molecule has 0 bridgehead atoms. The van der Waals surface area contributed by atoms with E-state index in [1.54, 1.807) is 0 Å². The van der Waals surface area contributed by atoms with Crippen LogP contribution in [0.4, 0.5) is 0 Å². The van der Waals surface area contributed by atoms with Crippen LogP contribution in [0.2, 0.25) is 0 Å². The van der Waals surface area contributed by atoms with E-state index in [0.29, 0.717) is 6.21 Å². The molecule has 0 radical (unpaired) electrons. The zero-order valence-electron chi connectivity index (χ0n) is 10.1. The number of amides is 1. The van der Waals surface area contributed by atoms with Crippen LogP contribution in [0.15, 0.2) is 0 Å². The number of ether oxygens (including phenoxy) is 1. The molecule has 2 N–H and O–H groups in total. The summed E-state index contributed by atoms with van der Waals surface area (Å²) in [4.78, 5) is 35.8. The van der Waals surface area contributed by atoms with Crippen LogP contribution in [-0.2, 0) is 19.1 Å². The molecule has 0 spiro atoms. The third kappa shape index (κ3) is 5.88. The number of methoxy groups -OCH3 is 1. The Labute approximate surface area is 104 Å². The van der Waals surface area contributed by atoms with Gasteiger partial charge < -0.3 is 20.7 Å². The molecule has 0 aromatic rings. The molecule has 8 nitrogen and oxygen atoms in total. The van der Waals surface area contributed by atoms with Crippen molar-refractivity contribution in [3.05, 3.63) is 5.53 Å². The summed E-state index contributed by atoms with van der Waals surface area (Å²) in [5, 5.41) is 11.1. The van der Waals surface area contributed by atoms with Gasteiger partial charge in [0, 0.05) is 13.5 Å². The van der Waals surface area contributed by atoms with Crippen LogP contribution in [0.1, 0.15) is 19.8 Å². The number of nitrogens with one attached hydrogen (secondary N) is 1. The molecule has 1 amide bonds. The Morgan fingerprint density at radius 3 is 2.56 bits per heavy atom. The van der Waals surface area contributed by atoms with Gasteiger partial charge in [-0.15, -0.1) is 0 Å². The van der Waals surface area contributed by atoms with Crippen molar-refractivity contribution in [3.63, 3.8) is 0 Å². The van der Waals surface area contributed by atoms with Crippen molar-refractivity contribution >= 4 is 23.9 Å². The normalized spacial score (nSPS) is 13.0. The zero-order chi connectivity index (χ0) is 14.1. The van der Waals surface area contributed by atoms with Crippen LogP contribution in [0.25, 0.3) is 5.53 Å². The highest BCUT2D eigenvalue weighted by Gasteiger charge is 2.23. The van der Waals surface area contributed by atoms with Crippen molar-refractivity contribution in [3.8, 4) is 0 Å². The minimum absolute atomic E-state index is 0.0949. The molecule has 0 rings (SSSR count). The fourth-order valence-corrected chi connectivity index (χ4v) is 1.07. The smallest absolute Gasteiger partial charge is 0.326 e. The Balaban J connectivity index is 4.41. The van der Waals surface area contributed by atoms with E-state index in [2.05, 4.69) is 10.1 Å². The highest BCUT2D eigenvalue weighted by atomic mass is 16.5. The fraction of sp³-hybridized carbons (Fsp3) is 0.600. The molecule has 0 aliphatic rings. The highest BCUT2D eigenvalue weighted by Crippen LogP contribution is 2.00. The Bertz CT molecular complexity index is 376. The first kappa shape index (κ1) is 16.0. The lowest BCUT2D eigenvalue weighted by atomic mass is 10.1. The van der Waals surface area contributed by atoms with E-state index in [4.69, 9.17) is 15.4 Å². The molecular formula is C10H15N3O5. The molecule has 8 heteroatoms. The average Bonchev–Trinajstić information content (AvgIpc) is 2.32. The maximum atomic E-state index is 11.4. The molecule has 18 heavy (non-hydrogen) atoms. The quantitative estimate of drug-likeness (QED) is 0.335. The van der Waals surface area contributed by atoms with Crippen LogP contribution in [0.3, 0.4) is 0 Å². The number of aliphatic carboxylic acids is 1. The topological polar surface area (TPSA) is 129 Å². The van der Waals surface area contributed by atoms with Gasteiger partial charge in [-0.25, -0.2) is 4.79 Å². The predicted molar refractivity (Wildman–Crippen MR) is 60.0 cm³/mol. The third-order valence-electron chi connectivity index (χ3n) is 2.22. The van der Waals surface area contributed by atoms with Gasteiger partial charge >= 0.3 is 12.2 Å². The summed E-state index contributed by atoms with van der Waals surface area (Å²) < 4.78 is 4.73. The van der Waals surface area contributed by atoms with E-state index in [0.717, 1.165) is 0 Å². The summed E-state index contributed by atoms with van der Waals surface area (Å²) in [5.41, 5.74) is 8.11. The number of nitrogens with zero attached hydrogens (tertiary/aromatic N) is 2. The second-order valence-electron chi connectivity index (χ2n) is 3.53. The second kappa shape index (κ2) is 8.10. The van der Waals surface area contributed by atoms with Crippen molar-refractivity contribution in [2.45, 2.75) is 31.9 Å². The number of carboxylic acid groups (broad SMARTS) is 1. The predicted octanol–water partition coefficient (Wildman–Crippen LogP) is -0.759. The lowest BCUT2D eigenvalue weighted by Gasteiger charge is -2.16. The van der Waals surface area contributed by atoms with Gasteiger partial charge in [0.2, 0.25) is 11.7 Å². The van der Waals surface area contributed by atoms with Crippen molar-refractivity contribution in [1.82, 2.24) is 5.32 Å². The summed E-state index contributed by atoms with van der Waals surface area (Å²) in [7, 11) is 1.32. The summed E-state index contributed by atoms with van der Waals surface area (Å²) in [6.07, 6.45) is -0.342. The van der Waals surface area contributed by atoms with Crippen molar-refractivity contribution in [2.24, 2.45) is 0 Å². The van der Waals surface area contributed by atoms with Crippen molar-refractivity contribution < 1.29 is 29.0 Å². The van der Waals surface area contributed by atoms with Gasteiger partial charge in [-0.2, -0.15) is 4.79 Å². The monoisotopic (exact) mass is 257 g/mol. The summed E-state index contributed by atoms with van der Waals surface area (Å²) in [5.74, 6) is -2.36. The molecule has 0 saturated heterocycles. The molecule has 0 aromatic carbocycles. The minimum atomic E-state index is -1.25. The molecular weight excluding hydrogens is 242 g/mol. The third-order valence-corrected chi connectivity index (χ3v) is 2.22. The Morgan fingerprint density at radius 1 is 1.50 bits per heavy atom. The number of carboxylic acids is 1. The van der Waals surface area contributed by atoms with Crippen molar-refractivity contribution in [1.29, 1.82) is 0 Å². The number of carbonyl (C=O) groups excluding carboxylic acids is 2. The van der Waals surface area contributed by atoms with Crippen LogP contribution in [0, 0.1) is 0 Å². The Kier molecular flexibility index (Phi) is 7.18. The van der Waals surface area contributed by atoms with E-state index >= 15 is 0 Å². The zero-order valence-corrected chi connectivity index (χ0v) is 10.1. The first-order valence-electron chi connectivity index (χ1n) is 5.18. The molecule has 0 aliphatic carbocycles. The Morgan fingerprint density at radius 2 is 2.11 bits per heavy atom. The first-order valence-corrected chi connectivity index (χ1v) is 5.18. The number of hydrogen-bond donors (Lipinski definition) is 2. The maximum Gasteiger partial charge on any atom is 0.326 e. The number of Topliss-reactive ketones (excluding diaryl/α,β-unsaturated/α-hetero) is 1. The lowest BCUT2D eigenvalue weighted by Crippen LogP contribution is -2.45. The molecule has 0 fully saturated rings. The van der Waals surface area contributed by atoms with Crippen LogP contribution < -0.4 is 5.32 Å². The standard InChI is InChI=1S/C10H15N3O5/c1-6(18-2)9(15)13-8(10(16)17)4-3-7(14)5-12-11/h5-6,8H,3-4H2,1-2H3,(H,13,15)(H,16,17)/t6-,8+/m1/s1. The molecule has 0 aliphatic heterocycles. The van der Waals surface area contributed by atoms with E-state index in [9.17, 15) is 14.4 Å². The second-order valence-corrected chi connectivity index (χ2v) is 3.53. The first-order chi connectivity index (χ1) is 8.42. The van der Waals surface area contributed by atoms with Crippen LogP contribution in [-0.4, -0.2) is 53.0 Å². The molecule has 0 heterocycles. The fourth-order valence-electron chi connectivity index (χ4n) is 1.07. The van der Waals surface area contributed by atoms with E-state index in [1.165, 1.54) is 14.0 Å². The number of carbonyl (C=O) groups is 3. The summed E-state index contributed by atoms with van der Waals surface area (Å²) >= 11 is 0. The van der Waals surface area contributed by atoms with Gasteiger partial charge in [0.15, 0.2) is 0 Å². The number of hydrogen-bond acceptors (Lipinski definition) is 4. The van der Waals surface area contributed by atoms with Crippen molar-refractivity contribution in [2.75, 3.05) is 7.11 Å². The van der Waals surface area contributed by atoms with E-state index < -0.39 is 29.8 Å². The molecule has 100 valence electrons. The van der Waals surface area contributed by atoms with E-state index in [-0.39, 0.29) is 12.8 Å². The van der Waals surface area contributed by atoms with Gasteiger partial charge in [0.1, 0.15) is 12.1 Å². The van der Waals surface area contributed by atoms with Gasteiger partial charge in [0.25, 0.3) is 0 Å². The maximum absolute atomic E-state index is 11.4. The molecule has 2 atom stereocenters. The van der Waals surface area contributed by atoms with E-state index in [1.807, 2.05) is 0 Å². The number of rotatable bonds is 8. The summed E-state index contributed by atoms with van der Waals surface area (Å²) in [6.45, 7) is 1.47. The van der Waals surface area contributed by atoms with Gasteiger partial charge in [0.05, 0.1) is 0 Å². The largest absolute Gasteiger partial charge is 0.480 e. The van der Waals surface area contributed by atoms with Gasteiger partial charge in [-0.3, -0.25) is 9.59 Å². The SMILES string of the molecule is CO[C@H](C)C(=O)N[C@@H](CCC(=O)C=[N+]=[N-])C(=O)O. The lowest BCUT2D eigenvalue weighted by molar-refractivity contribution is -0.143. The molecule has 0 saturated carbocycles. The van der Waals surface area contributed by atoms with Gasteiger partial charge in [-0.05, 0) is 13.3 Å². The Hall–Kier alpha value is -2.05. The molecule has 0 unspecified atom stereocenters. The summed E-state index contributed by atoms with van der Waals surface area (Å²) in [6, 6.07) is -1.19. The van der Waals surface area contributed by atoms with Gasteiger partial charge in [-0.1, -0.05) is 0 Å². The highest BCUT2D eigenvalue weighted by molar-refractivity contribution is 6.25. The number of ketones is 1. The minimum Gasteiger partial charge on any atom is -0.480 e.